The molecule has 1 atom stereocenters. The van der Waals surface area contributed by atoms with Crippen molar-refractivity contribution in [3.05, 3.63) is 77.5 Å². The van der Waals surface area contributed by atoms with Crippen LogP contribution in [0.3, 0.4) is 0 Å². The van der Waals surface area contributed by atoms with Crippen molar-refractivity contribution in [2.75, 3.05) is 0 Å². The van der Waals surface area contributed by atoms with Gasteiger partial charge in [-0.05, 0) is 28.7 Å². The molecule has 0 aliphatic carbocycles. The quantitative estimate of drug-likeness (QED) is 0.753. The molecular weight excluding hydrogens is 377 g/mol. The first-order valence-corrected chi connectivity index (χ1v) is 7.75. The molecule has 0 aliphatic rings. The number of aromatic nitrogens is 1. The molecule has 0 spiro atoms. The maximum atomic E-state index is 12.2. The second-order valence-electron chi connectivity index (χ2n) is 6.71. The summed E-state index contributed by atoms with van der Waals surface area (Å²) in [7, 11) is 0. The van der Waals surface area contributed by atoms with Gasteiger partial charge in [-0.15, -0.1) is 6.04 Å². The predicted octanol–water partition coefficient (Wildman–Crippen LogP) is 1.61. The van der Waals surface area contributed by atoms with Crippen LogP contribution in [0.1, 0.15) is 36.7 Å². The summed E-state index contributed by atoms with van der Waals surface area (Å²) in [5.41, 5.74) is 2.41. The Kier molecular flexibility index (Phi) is 11.3. The molecule has 7 heteroatoms. The number of amides is 1. The summed E-state index contributed by atoms with van der Waals surface area (Å²) in [6.45, 7) is 15.3. The van der Waals surface area contributed by atoms with E-state index in [2.05, 4.69) is 38.0 Å². The van der Waals surface area contributed by atoms with Gasteiger partial charge in [0.15, 0.2) is 0 Å². The topological polar surface area (TPSA) is 125 Å². The number of hydrogen-bond acceptors (Lipinski definition) is 2. The third-order valence-corrected chi connectivity index (χ3v) is 3.76. The minimum absolute atomic E-state index is 0. The summed E-state index contributed by atoms with van der Waals surface area (Å²) in [5, 5.41) is 2.52. The van der Waals surface area contributed by atoms with E-state index < -0.39 is 17.5 Å². The standard InChI is InChI=1S/C20H22N2O2.2H2O.Sc/c1-6-13(2)21-18(23)16-11-12-17(22-19(16)24)14-7-9-15(10-8-14)20(3,4)5;;;/h1,6-13H,2H2,3-5H3,(H,21,23)(H,22,24);2*1H2;/q-2;;;/t13-;;;/m0.../s1. The van der Waals surface area contributed by atoms with E-state index in [1.165, 1.54) is 17.7 Å². The first-order chi connectivity index (χ1) is 11.2. The number of aromatic amines is 1. The number of pyridine rings is 1. The van der Waals surface area contributed by atoms with E-state index in [1.807, 2.05) is 24.3 Å². The van der Waals surface area contributed by atoms with Crippen LogP contribution in [-0.4, -0.2) is 27.9 Å². The van der Waals surface area contributed by atoms with Gasteiger partial charge in [-0.3, -0.25) is 15.7 Å². The number of hydrogen-bond donors (Lipinski definition) is 2. The Labute approximate surface area is 178 Å². The van der Waals surface area contributed by atoms with Gasteiger partial charge in [0.05, 0.1) is 0 Å². The van der Waals surface area contributed by atoms with Crippen molar-refractivity contribution < 1.29 is 41.6 Å². The molecule has 0 unspecified atom stereocenters. The fourth-order valence-electron chi connectivity index (χ4n) is 2.26. The van der Waals surface area contributed by atoms with E-state index in [4.69, 9.17) is 6.58 Å². The van der Waals surface area contributed by atoms with Crippen LogP contribution in [0.2, 0.25) is 0 Å². The van der Waals surface area contributed by atoms with E-state index in [0.717, 1.165) is 5.56 Å². The van der Waals surface area contributed by atoms with Gasteiger partial charge in [0.25, 0.3) is 11.5 Å². The van der Waals surface area contributed by atoms with Crippen LogP contribution >= 0.6 is 0 Å². The Bertz CT molecular complexity index is 808. The fourth-order valence-corrected chi connectivity index (χ4v) is 2.26. The molecular formula is C20H26N2O4Sc-2. The molecule has 1 aromatic heterocycles. The molecule has 0 aliphatic heterocycles. The van der Waals surface area contributed by atoms with Crippen LogP contribution in [0.15, 0.2) is 47.3 Å². The van der Waals surface area contributed by atoms with Crippen LogP contribution in [-0.2, 0) is 31.3 Å². The minimum Gasteiger partial charge on any atom is -0.519 e. The van der Waals surface area contributed by atoms with Gasteiger partial charge in [-0.25, -0.2) is 0 Å². The van der Waals surface area contributed by atoms with Crippen LogP contribution in [0.5, 0.6) is 0 Å². The summed E-state index contributed by atoms with van der Waals surface area (Å²) in [5.74, 6) is -0.507. The zero-order valence-corrected chi connectivity index (χ0v) is 17.6. The fraction of sp³-hybridized carbons (Fsp3) is 0.250. The largest absolute Gasteiger partial charge is 0.519 e. The van der Waals surface area contributed by atoms with Crippen LogP contribution in [0, 0.1) is 13.5 Å². The Morgan fingerprint density at radius 2 is 1.70 bits per heavy atom. The first kappa shape index (κ1) is 27.4. The average Bonchev–Trinajstić information content (AvgIpc) is 2.53. The first-order valence-electron chi connectivity index (χ1n) is 7.75. The molecule has 27 heavy (non-hydrogen) atoms. The Morgan fingerprint density at radius 1 is 1.15 bits per heavy atom. The number of nitrogens with one attached hydrogen (secondary N) is 2. The van der Waals surface area contributed by atoms with E-state index in [0.29, 0.717) is 5.69 Å². The third-order valence-electron chi connectivity index (χ3n) is 3.76. The van der Waals surface area contributed by atoms with Crippen molar-refractivity contribution in [2.45, 2.75) is 32.2 Å². The molecule has 0 saturated carbocycles. The summed E-state index contributed by atoms with van der Waals surface area (Å²) >= 11 is 0. The molecule has 145 valence electrons. The smallest absolute Gasteiger partial charge is 0.261 e. The normalized spacial score (nSPS) is 11.1. The van der Waals surface area contributed by atoms with E-state index in [9.17, 15) is 9.59 Å². The Hall–Kier alpha value is -1.83. The van der Waals surface area contributed by atoms with Crippen molar-refractivity contribution in [3.8, 4) is 11.3 Å². The molecule has 2 aromatic rings. The van der Waals surface area contributed by atoms with Crippen molar-refractivity contribution in [3.63, 3.8) is 0 Å². The zero-order valence-electron chi connectivity index (χ0n) is 15.8. The summed E-state index contributed by atoms with van der Waals surface area (Å²) in [4.78, 5) is 26.9. The Balaban J connectivity index is 0. The average molecular weight is 403 g/mol. The summed E-state index contributed by atoms with van der Waals surface area (Å²) < 4.78 is 0. The minimum atomic E-state index is -0.554. The molecule has 2 rings (SSSR count). The summed E-state index contributed by atoms with van der Waals surface area (Å²) in [6, 6.07) is 10.7. The van der Waals surface area contributed by atoms with Crippen molar-refractivity contribution in [1.29, 1.82) is 0 Å². The van der Waals surface area contributed by atoms with Gasteiger partial charge in [0, 0.05) is 31.5 Å². The second-order valence-corrected chi connectivity index (χ2v) is 6.71. The SMILES string of the molecule is O.O.[CH-]=C[C@H]([CH2-])NC(=O)c1ccc(-c2ccc(C(C)(C)C)cc2)[nH]c1=O.[Sc]. The third kappa shape index (κ3) is 7.01. The molecule has 0 bridgehead atoms. The molecule has 1 radical (unpaired) electrons. The second kappa shape index (κ2) is 11.1. The number of carbonyl (C=O) groups excluding carboxylic acids is 1. The zero-order chi connectivity index (χ0) is 17.9. The van der Waals surface area contributed by atoms with Crippen molar-refractivity contribution >= 4 is 5.91 Å². The number of H-pyrrole nitrogens is 1. The van der Waals surface area contributed by atoms with Crippen molar-refractivity contribution in [2.24, 2.45) is 0 Å². The monoisotopic (exact) mass is 403 g/mol. The Morgan fingerprint density at radius 3 is 2.15 bits per heavy atom. The van der Waals surface area contributed by atoms with Crippen LogP contribution in [0.25, 0.3) is 11.3 Å². The molecule has 0 fully saturated rings. The number of rotatable bonds is 4. The predicted molar refractivity (Wildman–Crippen MR) is 104 cm³/mol. The van der Waals surface area contributed by atoms with E-state index >= 15 is 0 Å². The maximum absolute atomic E-state index is 12.2. The van der Waals surface area contributed by atoms with Crippen LogP contribution < -0.4 is 10.9 Å². The van der Waals surface area contributed by atoms with Gasteiger partial charge in [0.1, 0.15) is 5.56 Å². The van der Waals surface area contributed by atoms with Crippen LogP contribution in [0.4, 0.5) is 0 Å². The number of carbonyl (C=O) groups is 1. The molecule has 1 heterocycles. The van der Waals surface area contributed by atoms with E-state index in [-0.39, 0.29) is 47.8 Å². The van der Waals surface area contributed by atoms with Gasteiger partial charge >= 0.3 is 0 Å². The van der Waals surface area contributed by atoms with Crippen molar-refractivity contribution in [1.82, 2.24) is 10.3 Å². The number of benzene rings is 1. The van der Waals surface area contributed by atoms with Gasteiger partial charge < -0.3 is 34.8 Å². The molecule has 1 amide bonds. The maximum Gasteiger partial charge on any atom is 0.261 e. The van der Waals surface area contributed by atoms with Gasteiger partial charge in [0.2, 0.25) is 0 Å². The summed E-state index contributed by atoms with van der Waals surface area (Å²) in [6.07, 6.45) is 1.25. The molecule has 6 nitrogen and oxygen atoms in total. The molecule has 0 saturated heterocycles. The molecule has 1 aromatic carbocycles. The van der Waals surface area contributed by atoms with E-state index in [1.54, 1.807) is 6.07 Å². The molecule has 6 N–H and O–H groups in total. The van der Waals surface area contributed by atoms with Gasteiger partial charge in [-0.2, -0.15) is 0 Å². The van der Waals surface area contributed by atoms with Gasteiger partial charge in [-0.1, -0.05) is 45.0 Å².